The van der Waals surface area contributed by atoms with E-state index in [1.54, 1.807) is 0 Å². The Labute approximate surface area is 61.2 Å². The number of rotatable bonds is 3. The van der Waals surface area contributed by atoms with Gasteiger partial charge in [-0.3, -0.25) is 4.79 Å². The van der Waals surface area contributed by atoms with Crippen LogP contribution in [0.1, 0.15) is 27.2 Å². The Morgan fingerprint density at radius 1 is 1.70 bits per heavy atom. The summed E-state index contributed by atoms with van der Waals surface area (Å²) in [5.74, 6) is -0.604. The van der Waals surface area contributed by atoms with Crippen LogP contribution in [0.3, 0.4) is 0 Å². The lowest BCUT2D eigenvalue weighted by atomic mass is 9.92. The summed E-state index contributed by atoms with van der Waals surface area (Å²) in [6, 6.07) is 0. The molecule has 60 valence electrons. The van der Waals surface area contributed by atoms with Crippen LogP contribution in [0.2, 0.25) is 0 Å². The van der Waals surface area contributed by atoms with Gasteiger partial charge in [0, 0.05) is 0 Å². The summed E-state index contributed by atoms with van der Waals surface area (Å²) < 4.78 is 0. The number of aliphatic carboxylic acids is 1. The summed E-state index contributed by atoms with van der Waals surface area (Å²) >= 11 is 0. The van der Waals surface area contributed by atoms with E-state index in [4.69, 9.17) is 10.8 Å². The van der Waals surface area contributed by atoms with E-state index in [-0.39, 0.29) is 0 Å². The number of hydrogen-bond donors (Lipinski definition) is 2. The number of carbonyl (C=O) groups is 1. The van der Waals surface area contributed by atoms with Crippen molar-refractivity contribution in [2.24, 2.45) is 11.7 Å². The molecule has 0 saturated heterocycles. The Bertz CT molecular complexity index is 130. The molecule has 0 amide bonds. The summed E-state index contributed by atoms with van der Waals surface area (Å²) in [6.45, 7) is 5.44. The maximum absolute atomic E-state index is 10.4. The Kier molecular flexibility index (Phi) is 2.84. The van der Waals surface area contributed by atoms with E-state index in [1.807, 2.05) is 13.8 Å². The van der Waals surface area contributed by atoms with Crippen LogP contribution in [0, 0.1) is 5.92 Å². The molecule has 0 bridgehead atoms. The largest absolute Gasteiger partial charge is 0.480 e. The van der Waals surface area contributed by atoms with E-state index in [0.717, 1.165) is 0 Å². The smallest absolute Gasteiger partial charge is 0.323 e. The van der Waals surface area contributed by atoms with Crippen LogP contribution >= 0.6 is 0 Å². The van der Waals surface area contributed by atoms with Gasteiger partial charge in [-0.15, -0.1) is 0 Å². The first-order chi connectivity index (χ1) is 4.36. The van der Waals surface area contributed by atoms with E-state index in [9.17, 15) is 4.79 Å². The average Bonchev–Trinajstić information content (AvgIpc) is 1.60. The minimum atomic E-state index is -1.06. The van der Waals surface area contributed by atoms with E-state index in [2.05, 4.69) is 0 Å². The molecule has 0 aliphatic rings. The van der Waals surface area contributed by atoms with Gasteiger partial charge in [-0.2, -0.15) is 0 Å². The van der Waals surface area contributed by atoms with Crippen LogP contribution in [0.15, 0.2) is 0 Å². The molecule has 0 rings (SSSR count). The normalized spacial score (nSPS) is 16.9. The molecule has 10 heavy (non-hydrogen) atoms. The van der Waals surface area contributed by atoms with Crippen LogP contribution in [0.4, 0.5) is 0 Å². The summed E-state index contributed by atoms with van der Waals surface area (Å²) in [5, 5.41) is 8.57. The van der Waals surface area contributed by atoms with Gasteiger partial charge in [-0.1, -0.05) is 13.8 Å². The Hall–Kier alpha value is -0.570. The zero-order chi connectivity index (χ0) is 8.36. The number of carboxylic acids is 1. The minimum absolute atomic E-state index is 0.325. The van der Waals surface area contributed by atoms with Crippen LogP contribution in [-0.2, 0) is 4.79 Å². The number of carboxylic acid groups (broad SMARTS) is 1. The molecule has 0 aromatic rings. The highest BCUT2D eigenvalue weighted by Gasteiger charge is 2.28. The van der Waals surface area contributed by atoms with Crippen molar-refractivity contribution in [2.45, 2.75) is 32.7 Å². The molecule has 0 aromatic carbocycles. The second-order valence-corrected chi connectivity index (χ2v) is 3.32. The first-order valence-electron chi connectivity index (χ1n) is 3.38. The van der Waals surface area contributed by atoms with Gasteiger partial charge in [-0.25, -0.2) is 0 Å². The third-order valence-corrected chi connectivity index (χ3v) is 1.32. The second-order valence-electron chi connectivity index (χ2n) is 3.32. The second kappa shape index (κ2) is 3.01. The molecule has 0 radical (unpaired) electrons. The maximum atomic E-state index is 10.4. The van der Waals surface area contributed by atoms with Crippen molar-refractivity contribution in [3.63, 3.8) is 0 Å². The monoisotopic (exact) mass is 145 g/mol. The fourth-order valence-electron chi connectivity index (χ4n) is 0.935. The van der Waals surface area contributed by atoms with Gasteiger partial charge in [0.25, 0.3) is 0 Å². The lowest BCUT2D eigenvalue weighted by Crippen LogP contribution is -2.45. The standard InChI is InChI=1S/C7H15NO2/c1-5(2)4-7(3,8)6(9)10/h5H,4,8H2,1-3H3,(H,9,10)/t7-/m1/s1. The van der Waals surface area contributed by atoms with E-state index >= 15 is 0 Å². The van der Waals surface area contributed by atoms with Gasteiger partial charge in [0.05, 0.1) is 0 Å². The molecule has 3 nitrogen and oxygen atoms in total. The zero-order valence-electron chi connectivity index (χ0n) is 6.72. The van der Waals surface area contributed by atoms with Crippen molar-refractivity contribution in [2.75, 3.05) is 0 Å². The van der Waals surface area contributed by atoms with E-state index in [1.165, 1.54) is 6.92 Å². The van der Waals surface area contributed by atoms with Gasteiger partial charge in [0.1, 0.15) is 5.54 Å². The Morgan fingerprint density at radius 3 is 2.20 bits per heavy atom. The molecule has 0 saturated carbocycles. The fourth-order valence-corrected chi connectivity index (χ4v) is 0.935. The SMILES string of the molecule is CC(C)C[C@@](C)(N)C(=O)O. The lowest BCUT2D eigenvalue weighted by molar-refractivity contribution is -0.143. The fraction of sp³-hybridized carbons (Fsp3) is 0.857. The summed E-state index contributed by atoms with van der Waals surface area (Å²) in [6.07, 6.45) is 0.516. The molecular weight excluding hydrogens is 130 g/mol. The molecule has 0 aliphatic carbocycles. The Balaban J connectivity index is 4.00. The minimum Gasteiger partial charge on any atom is -0.480 e. The molecular formula is C7H15NO2. The highest BCUT2D eigenvalue weighted by molar-refractivity contribution is 5.77. The molecule has 1 atom stereocenters. The Morgan fingerprint density at radius 2 is 2.10 bits per heavy atom. The van der Waals surface area contributed by atoms with Crippen molar-refractivity contribution in [1.29, 1.82) is 0 Å². The van der Waals surface area contributed by atoms with Crippen LogP contribution < -0.4 is 5.73 Å². The average molecular weight is 145 g/mol. The molecule has 0 fully saturated rings. The van der Waals surface area contributed by atoms with Gasteiger partial charge < -0.3 is 10.8 Å². The first kappa shape index (κ1) is 9.43. The first-order valence-corrected chi connectivity index (χ1v) is 3.38. The number of nitrogens with two attached hydrogens (primary N) is 1. The number of hydrogen-bond acceptors (Lipinski definition) is 2. The molecule has 3 heteroatoms. The summed E-state index contributed by atoms with van der Waals surface area (Å²) in [7, 11) is 0. The van der Waals surface area contributed by atoms with Crippen molar-refractivity contribution in [3.8, 4) is 0 Å². The molecule has 0 aliphatic heterocycles. The molecule has 0 aromatic heterocycles. The quantitative estimate of drug-likeness (QED) is 0.618. The van der Waals surface area contributed by atoms with Crippen molar-refractivity contribution in [3.05, 3.63) is 0 Å². The van der Waals surface area contributed by atoms with Crippen LogP contribution in [0.5, 0.6) is 0 Å². The summed E-state index contributed by atoms with van der Waals surface area (Å²) in [5.41, 5.74) is 4.40. The zero-order valence-corrected chi connectivity index (χ0v) is 6.72. The third-order valence-electron chi connectivity index (χ3n) is 1.32. The van der Waals surface area contributed by atoms with Crippen LogP contribution in [-0.4, -0.2) is 16.6 Å². The van der Waals surface area contributed by atoms with Crippen LogP contribution in [0.25, 0.3) is 0 Å². The third kappa shape index (κ3) is 2.82. The highest BCUT2D eigenvalue weighted by Crippen LogP contribution is 2.12. The summed E-state index contributed by atoms with van der Waals surface area (Å²) in [4.78, 5) is 10.4. The van der Waals surface area contributed by atoms with Gasteiger partial charge in [0.15, 0.2) is 0 Å². The predicted octanol–water partition coefficient (Wildman–Crippen LogP) is 0.834. The van der Waals surface area contributed by atoms with Crippen molar-refractivity contribution >= 4 is 5.97 Å². The van der Waals surface area contributed by atoms with E-state index < -0.39 is 11.5 Å². The molecule has 0 unspecified atom stereocenters. The van der Waals surface area contributed by atoms with Gasteiger partial charge in [0.2, 0.25) is 0 Å². The molecule has 3 N–H and O–H groups in total. The molecule has 0 spiro atoms. The predicted molar refractivity (Wildman–Crippen MR) is 39.7 cm³/mol. The topological polar surface area (TPSA) is 63.3 Å². The van der Waals surface area contributed by atoms with Gasteiger partial charge in [-0.05, 0) is 19.3 Å². The van der Waals surface area contributed by atoms with Gasteiger partial charge >= 0.3 is 5.97 Å². The van der Waals surface area contributed by atoms with Crippen molar-refractivity contribution in [1.82, 2.24) is 0 Å². The maximum Gasteiger partial charge on any atom is 0.323 e. The molecule has 0 heterocycles. The lowest BCUT2D eigenvalue weighted by Gasteiger charge is -2.20. The van der Waals surface area contributed by atoms with E-state index in [0.29, 0.717) is 12.3 Å². The highest BCUT2D eigenvalue weighted by atomic mass is 16.4. The van der Waals surface area contributed by atoms with Crippen molar-refractivity contribution < 1.29 is 9.90 Å².